The van der Waals surface area contributed by atoms with Crippen molar-refractivity contribution < 1.29 is 14.7 Å². The van der Waals surface area contributed by atoms with Crippen molar-refractivity contribution >= 4 is 11.8 Å². The Balaban J connectivity index is 3.01. The van der Waals surface area contributed by atoms with E-state index in [9.17, 15) is 14.7 Å². The number of amides is 2. The summed E-state index contributed by atoms with van der Waals surface area (Å²) in [6.45, 7) is 8.44. The van der Waals surface area contributed by atoms with Gasteiger partial charge in [0.05, 0.1) is 5.60 Å². The molecule has 0 fully saturated rings. The molecule has 0 spiro atoms. The van der Waals surface area contributed by atoms with E-state index in [1.165, 1.54) is 0 Å². The van der Waals surface area contributed by atoms with Gasteiger partial charge in [0, 0.05) is 37.8 Å². The van der Waals surface area contributed by atoms with Gasteiger partial charge >= 0.3 is 0 Å². The van der Waals surface area contributed by atoms with E-state index >= 15 is 0 Å². The zero-order valence-electron chi connectivity index (χ0n) is 14.1. The van der Waals surface area contributed by atoms with Crippen LogP contribution in [0.4, 0.5) is 0 Å². The zero-order valence-corrected chi connectivity index (χ0v) is 14.1. The van der Waals surface area contributed by atoms with Crippen molar-refractivity contribution in [3.8, 4) is 0 Å². The van der Waals surface area contributed by atoms with E-state index in [2.05, 4.69) is 0 Å². The molecule has 0 radical (unpaired) electrons. The molecule has 1 rings (SSSR count). The molecular weight excluding hydrogens is 280 g/mol. The number of rotatable bonds is 6. The summed E-state index contributed by atoms with van der Waals surface area (Å²) in [6.07, 6.45) is 0. The van der Waals surface area contributed by atoms with Crippen molar-refractivity contribution in [3.05, 3.63) is 35.4 Å². The predicted octanol–water partition coefficient (Wildman–Crippen LogP) is 2.01. The number of hydrogen-bond acceptors (Lipinski definition) is 3. The molecule has 1 aromatic rings. The molecule has 5 heteroatoms. The van der Waals surface area contributed by atoms with Crippen LogP contribution in [0.25, 0.3) is 0 Å². The van der Waals surface area contributed by atoms with Crippen molar-refractivity contribution in [3.63, 3.8) is 0 Å². The van der Waals surface area contributed by atoms with Gasteiger partial charge in [0.25, 0.3) is 11.8 Å². The minimum absolute atomic E-state index is 0.109. The molecule has 122 valence electrons. The number of carbonyl (C=O) groups is 2. The third kappa shape index (κ3) is 4.84. The van der Waals surface area contributed by atoms with E-state index in [4.69, 9.17) is 0 Å². The van der Waals surface area contributed by atoms with Crippen LogP contribution in [0.1, 0.15) is 48.4 Å². The van der Waals surface area contributed by atoms with Gasteiger partial charge in [-0.1, -0.05) is 6.07 Å². The van der Waals surface area contributed by atoms with Crippen LogP contribution < -0.4 is 0 Å². The fourth-order valence-electron chi connectivity index (χ4n) is 2.13. The third-order valence-corrected chi connectivity index (χ3v) is 3.42. The number of carbonyl (C=O) groups excluding carboxylic acids is 2. The summed E-state index contributed by atoms with van der Waals surface area (Å²) >= 11 is 0. The second-order valence-corrected chi connectivity index (χ2v) is 6.03. The summed E-state index contributed by atoms with van der Waals surface area (Å²) in [5, 5.41) is 9.91. The highest BCUT2D eigenvalue weighted by Crippen LogP contribution is 2.13. The lowest BCUT2D eigenvalue weighted by Gasteiger charge is -2.28. The molecule has 22 heavy (non-hydrogen) atoms. The fourth-order valence-corrected chi connectivity index (χ4v) is 2.13. The Kier molecular flexibility index (Phi) is 6.11. The number of aliphatic hydroxyl groups is 1. The molecule has 0 heterocycles. The van der Waals surface area contributed by atoms with E-state index in [0.29, 0.717) is 24.2 Å². The first-order valence-electron chi connectivity index (χ1n) is 7.56. The Morgan fingerprint density at radius 2 is 1.64 bits per heavy atom. The first-order chi connectivity index (χ1) is 10.2. The maximum atomic E-state index is 12.6. The lowest BCUT2D eigenvalue weighted by Crippen LogP contribution is -2.42. The summed E-state index contributed by atoms with van der Waals surface area (Å²) in [5.41, 5.74) is -0.00222. The predicted molar refractivity (Wildman–Crippen MR) is 87.0 cm³/mol. The summed E-state index contributed by atoms with van der Waals surface area (Å²) in [5.74, 6) is -0.291. The molecule has 2 amide bonds. The van der Waals surface area contributed by atoms with Crippen LogP contribution in [0.2, 0.25) is 0 Å². The molecule has 1 N–H and O–H groups in total. The normalized spacial score (nSPS) is 11.2. The van der Waals surface area contributed by atoms with Gasteiger partial charge in [-0.3, -0.25) is 9.59 Å². The summed E-state index contributed by atoms with van der Waals surface area (Å²) in [7, 11) is 1.73. The largest absolute Gasteiger partial charge is 0.389 e. The number of benzene rings is 1. The van der Waals surface area contributed by atoms with Gasteiger partial charge in [0.1, 0.15) is 0 Å². The Morgan fingerprint density at radius 1 is 1.09 bits per heavy atom. The molecule has 0 aliphatic carbocycles. The van der Waals surface area contributed by atoms with Crippen LogP contribution in [0.15, 0.2) is 24.3 Å². The van der Waals surface area contributed by atoms with Gasteiger partial charge in [0.15, 0.2) is 0 Å². The van der Waals surface area contributed by atoms with Crippen LogP contribution in [0, 0.1) is 0 Å². The standard InChI is InChI=1S/C17H26N2O3/c1-6-18(5)15(20)13-9-8-10-14(11-13)16(21)19(7-2)12-17(3,4)22/h8-11,22H,6-7,12H2,1-5H3. The van der Waals surface area contributed by atoms with Gasteiger partial charge in [-0.05, 0) is 45.9 Å². The quantitative estimate of drug-likeness (QED) is 0.874. The van der Waals surface area contributed by atoms with Crippen LogP contribution in [-0.4, -0.2) is 59.0 Å². The zero-order chi connectivity index (χ0) is 16.9. The van der Waals surface area contributed by atoms with Crippen molar-refractivity contribution in [1.82, 2.24) is 9.80 Å². The van der Waals surface area contributed by atoms with E-state index < -0.39 is 5.60 Å². The second kappa shape index (κ2) is 7.40. The molecule has 1 aromatic carbocycles. The maximum Gasteiger partial charge on any atom is 0.253 e. The van der Waals surface area contributed by atoms with E-state index in [0.717, 1.165) is 0 Å². The fraction of sp³-hybridized carbons (Fsp3) is 0.529. The molecule has 0 saturated carbocycles. The molecule has 5 nitrogen and oxygen atoms in total. The van der Waals surface area contributed by atoms with Gasteiger partial charge in [-0.25, -0.2) is 0 Å². The Morgan fingerprint density at radius 3 is 2.09 bits per heavy atom. The van der Waals surface area contributed by atoms with Crippen molar-refractivity contribution in [2.24, 2.45) is 0 Å². The summed E-state index contributed by atoms with van der Waals surface area (Å²) < 4.78 is 0. The Bertz CT molecular complexity index is 535. The lowest BCUT2D eigenvalue weighted by atomic mass is 10.1. The summed E-state index contributed by atoms with van der Waals surface area (Å²) in [4.78, 5) is 27.9. The number of nitrogens with zero attached hydrogens (tertiary/aromatic N) is 2. The molecule has 0 unspecified atom stereocenters. The second-order valence-electron chi connectivity index (χ2n) is 6.03. The topological polar surface area (TPSA) is 60.9 Å². The van der Waals surface area contributed by atoms with Crippen LogP contribution in [0.5, 0.6) is 0 Å². The number of likely N-dealkylation sites (N-methyl/N-ethyl adjacent to an activating group) is 1. The minimum atomic E-state index is -0.957. The number of hydrogen-bond donors (Lipinski definition) is 1. The SMILES string of the molecule is CCN(C)C(=O)c1cccc(C(=O)N(CC)CC(C)(C)O)c1. The molecule has 0 aliphatic heterocycles. The molecule has 0 aliphatic rings. The smallest absolute Gasteiger partial charge is 0.253 e. The maximum absolute atomic E-state index is 12.6. The van der Waals surface area contributed by atoms with Crippen molar-refractivity contribution in [1.29, 1.82) is 0 Å². The highest BCUT2D eigenvalue weighted by Gasteiger charge is 2.23. The Hall–Kier alpha value is -1.88. The first-order valence-corrected chi connectivity index (χ1v) is 7.56. The van der Waals surface area contributed by atoms with E-state index in [1.54, 1.807) is 55.0 Å². The Labute approximate surface area is 132 Å². The van der Waals surface area contributed by atoms with Gasteiger partial charge in [-0.2, -0.15) is 0 Å². The van der Waals surface area contributed by atoms with Gasteiger partial charge in [-0.15, -0.1) is 0 Å². The molecule has 0 saturated heterocycles. The molecule has 0 bridgehead atoms. The van der Waals surface area contributed by atoms with Crippen LogP contribution in [-0.2, 0) is 0 Å². The van der Waals surface area contributed by atoms with E-state index in [1.807, 2.05) is 13.8 Å². The molecule has 0 aromatic heterocycles. The highest BCUT2D eigenvalue weighted by atomic mass is 16.3. The lowest BCUT2D eigenvalue weighted by molar-refractivity contribution is 0.0314. The van der Waals surface area contributed by atoms with Gasteiger partial charge < -0.3 is 14.9 Å². The highest BCUT2D eigenvalue weighted by molar-refractivity contribution is 5.99. The molecule has 0 atom stereocenters. The van der Waals surface area contributed by atoms with E-state index in [-0.39, 0.29) is 18.4 Å². The van der Waals surface area contributed by atoms with Crippen molar-refractivity contribution in [2.45, 2.75) is 33.3 Å². The minimum Gasteiger partial charge on any atom is -0.389 e. The van der Waals surface area contributed by atoms with Crippen LogP contribution >= 0.6 is 0 Å². The van der Waals surface area contributed by atoms with Crippen LogP contribution in [0.3, 0.4) is 0 Å². The monoisotopic (exact) mass is 306 g/mol. The molecular formula is C17H26N2O3. The average molecular weight is 306 g/mol. The first kappa shape index (κ1) is 18.2. The third-order valence-electron chi connectivity index (χ3n) is 3.42. The van der Waals surface area contributed by atoms with Crippen molar-refractivity contribution in [2.75, 3.05) is 26.7 Å². The summed E-state index contributed by atoms with van der Waals surface area (Å²) in [6, 6.07) is 6.72. The average Bonchev–Trinajstić information content (AvgIpc) is 2.49. The van der Waals surface area contributed by atoms with Gasteiger partial charge in [0.2, 0.25) is 0 Å².